The molecule has 0 atom stereocenters. The van der Waals surface area contributed by atoms with Crippen molar-refractivity contribution in [3.8, 4) is 6.07 Å². The molecule has 4 heteroatoms. The lowest BCUT2D eigenvalue weighted by Gasteiger charge is -2.02. The zero-order valence-electron chi connectivity index (χ0n) is 9.24. The van der Waals surface area contributed by atoms with Crippen molar-refractivity contribution in [2.75, 3.05) is 5.73 Å². The molecule has 82 valence electrons. The van der Waals surface area contributed by atoms with Crippen LogP contribution in [0.3, 0.4) is 0 Å². The number of rotatable bonds is 6. The minimum absolute atomic E-state index is 0.478. The number of hydrogen-bond donors (Lipinski definition) is 1. The number of nitriles is 1. The Hall–Kier alpha value is -1.50. The second-order valence-corrected chi connectivity index (χ2v) is 3.70. The van der Waals surface area contributed by atoms with E-state index in [9.17, 15) is 0 Å². The van der Waals surface area contributed by atoms with E-state index >= 15 is 0 Å². The minimum Gasteiger partial charge on any atom is -0.395 e. The smallest absolute Gasteiger partial charge is 0.161 e. The fraction of sp³-hybridized carbons (Fsp3) is 0.636. The van der Waals surface area contributed by atoms with Gasteiger partial charge in [-0.15, -0.1) is 0 Å². The van der Waals surface area contributed by atoms with Crippen molar-refractivity contribution in [3.63, 3.8) is 0 Å². The van der Waals surface area contributed by atoms with E-state index in [0.717, 1.165) is 13.0 Å². The Labute approximate surface area is 90.7 Å². The van der Waals surface area contributed by atoms with Crippen LogP contribution in [-0.4, -0.2) is 9.78 Å². The highest BCUT2D eigenvalue weighted by Crippen LogP contribution is 2.11. The fourth-order valence-corrected chi connectivity index (χ4v) is 1.56. The standard InChI is InChI=1S/C11H18N4/c1-2-3-4-5-6-7-15-11(8-12)10(13)9-14-15/h9H,2-7,13H2,1H3. The van der Waals surface area contributed by atoms with Crippen LogP contribution in [0.2, 0.25) is 0 Å². The molecule has 1 aromatic rings. The fourth-order valence-electron chi connectivity index (χ4n) is 1.56. The highest BCUT2D eigenvalue weighted by molar-refractivity contribution is 5.48. The first kappa shape index (κ1) is 11.6. The first-order valence-electron chi connectivity index (χ1n) is 5.51. The van der Waals surface area contributed by atoms with Crippen LogP contribution in [0.4, 0.5) is 5.69 Å². The first-order chi connectivity index (χ1) is 7.29. The third-order valence-electron chi connectivity index (χ3n) is 2.45. The predicted molar refractivity (Wildman–Crippen MR) is 60.1 cm³/mol. The van der Waals surface area contributed by atoms with Crippen molar-refractivity contribution in [1.82, 2.24) is 9.78 Å². The predicted octanol–water partition coefficient (Wildman–Crippen LogP) is 2.31. The molecule has 0 aliphatic rings. The highest BCUT2D eigenvalue weighted by atomic mass is 15.3. The van der Waals surface area contributed by atoms with Crippen LogP contribution in [0.1, 0.15) is 44.7 Å². The molecule has 15 heavy (non-hydrogen) atoms. The average Bonchev–Trinajstić information content (AvgIpc) is 2.59. The van der Waals surface area contributed by atoms with Crippen LogP contribution in [0.5, 0.6) is 0 Å². The van der Waals surface area contributed by atoms with Gasteiger partial charge in [0.15, 0.2) is 5.69 Å². The van der Waals surface area contributed by atoms with Gasteiger partial charge in [-0.05, 0) is 6.42 Å². The molecule has 0 aliphatic heterocycles. The lowest BCUT2D eigenvalue weighted by atomic mass is 10.1. The second-order valence-electron chi connectivity index (χ2n) is 3.70. The van der Waals surface area contributed by atoms with Crippen LogP contribution in [0, 0.1) is 11.3 Å². The van der Waals surface area contributed by atoms with Crippen LogP contribution in [0.15, 0.2) is 6.20 Å². The Bertz CT molecular complexity index is 335. The molecule has 0 bridgehead atoms. The van der Waals surface area contributed by atoms with E-state index in [1.807, 2.05) is 0 Å². The molecule has 0 unspecified atom stereocenters. The summed E-state index contributed by atoms with van der Waals surface area (Å²) in [5.74, 6) is 0. The van der Waals surface area contributed by atoms with Crippen LogP contribution in [0.25, 0.3) is 0 Å². The molecule has 0 radical (unpaired) electrons. The van der Waals surface area contributed by atoms with E-state index in [1.54, 1.807) is 10.9 Å². The lowest BCUT2D eigenvalue weighted by molar-refractivity contribution is 0.530. The van der Waals surface area contributed by atoms with Gasteiger partial charge in [0.2, 0.25) is 0 Å². The zero-order chi connectivity index (χ0) is 11.1. The Morgan fingerprint density at radius 1 is 1.40 bits per heavy atom. The Balaban J connectivity index is 2.35. The molecule has 1 aromatic heterocycles. The molecule has 0 saturated heterocycles. The molecule has 0 amide bonds. The molecular weight excluding hydrogens is 188 g/mol. The molecule has 1 rings (SSSR count). The summed E-state index contributed by atoms with van der Waals surface area (Å²) in [7, 11) is 0. The van der Waals surface area contributed by atoms with Gasteiger partial charge < -0.3 is 5.73 Å². The first-order valence-corrected chi connectivity index (χ1v) is 5.51. The summed E-state index contributed by atoms with van der Waals surface area (Å²) in [6.07, 6.45) is 7.60. The maximum Gasteiger partial charge on any atom is 0.161 e. The summed E-state index contributed by atoms with van der Waals surface area (Å²) < 4.78 is 1.70. The van der Waals surface area contributed by atoms with Gasteiger partial charge in [0.1, 0.15) is 6.07 Å². The maximum atomic E-state index is 8.84. The molecule has 0 spiro atoms. The summed E-state index contributed by atoms with van der Waals surface area (Å²) in [6.45, 7) is 2.99. The van der Waals surface area contributed by atoms with Crippen molar-refractivity contribution in [2.24, 2.45) is 0 Å². The molecule has 2 N–H and O–H groups in total. The van der Waals surface area contributed by atoms with Gasteiger partial charge in [-0.25, -0.2) is 0 Å². The summed E-state index contributed by atoms with van der Waals surface area (Å²) in [6, 6.07) is 2.07. The molecular formula is C11H18N4. The Morgan fingerprint density at radius 2 is 2.13 bits per heavy atom. The van der Waals surface area contributed by atoms with Crippen LogP contribution in [-0.2, 0) is 6.54 Å². The Morgan fingerprint density at radius 3 is 2.80 bits per heavy atom. The number of aromatic nitrogens is 2. The molecule has 0 aliphatic carbocycles. The van der Waals surface area contributed by atoms with E-state index in [4.69, 9.17) is 11.0 Å². The van der Waals surface area contributed by atoms with Gasteiger partial charge in [-0.3, -0.25) is 4.68 Å². The van der Waals surface area contributed by atoms with Crippen molar-refractivity contribution >= 4 is 5.69 Å². The van der Waals surface area contributed by atoms with Gasteiger partial charge in [-0.2, -0.15) is 10.4 Å². The lowest BCUT2D eigenvalue weighted by Crippen LogP contribution is -2.03. The summed E-state index contributed by atoms with van der Waals surface area (Å²) >= 11 is 0. The van der Waals surface area contributed by atoms with Crippen molar-refractivity contribution in [3.05, 3.63) is 11.9 Å². The number of nitrogen functional groups attached to an aromatic ring is 1. The number of hydrogen-bond acceptors (Lipinski definition) is 3. The summed E-state index contributed by atoms with van der Waals surface area (Å²) in [5.41, 5.74) is 6.57. The van der Waals surface area contributed by atoms with E-state index < -0.39 is 0 Å². The third-order valence-corrected chi connectivity index (χ3v) is 2.45. The van der Waals surface area contributed by atoms with E-state index in [0.29, 0.717) is 11.4 Å². The largest absolute Gasteiger partial charge is 0.395 e. The number of nitrogens with zero attached hydrogens (tertiary/aromatic N) is 3. The number of unbranched alkanes of at least 4 members (excludes halogenated alkanes) is 4. The summed E-state index contributed by atoms with van der Waals surface area (Å²) in [4.78, 5) is 0. The summed E-state index contributed by atoms with van der Waals surface area (Å²) in [5, 5.41) is 12.9. The average molecular weight is 206 g/mol. The third kappa shape index (κ3) is 3.28. The monoisotopic (exact) mass is 206 g/mol. The number of nitrogens with two attached hydrogens (primary N) is 1. The normalized spacial score (nSPS) is 10.1. The van der Waals surface area contributed by atoms with Crippen molar-refractivity contribution in [1.29, 1.82) is 5.26 Å². The van der Waals surface area contributed by atoms with Gasteiger partial charge in [0.25, 0.3) is 0 Å². The maximum absolute atomic E-state index is 8.84. The number of aryl methyl sites for hydroxylation is 1. The quantitative estimate of drug-likeness (QED) is 0.726. The van der Waals surface area contributed by atoms with Gasteiger partial charge in [-0.1, -0.05) is 32.6 Å². The molecule has 0 fully saturated rings. The topological polar surface area (TPSA) is 67.6 Å². The highest BCUT2D eigenvalue weighted by Gasteiger charge is 2.05. The van der Waals surface area contributed by atoms with Gasteiger partial charge in [0.05, 0.1) is 11.9 Å². The second kappa shape index (κ2) is 6.07. The van der Waals surface area contributed by atoms with Crippen molar-refractivity contribution in [2.45, 2.75) is 45.6 Å². The Kier molecular flexibility index (Phi) is 4.69. The van der Waals surface area contributed by atoms with E-state index in [1.165, 1.54) is 25.7 Å². The molecule has 4 nitrogen and oxygen atoms in total. The number of anilines is 1. The van der Waals surface area contributed by atoms with Gasteiger partial charge in [0, 0.05) is 6.54 Å². The van der Waals surface area contributed by atoms with Crippen molar-refractivity contribution < 1.29 is 0 Å². The molecule has 0 aromatic carbocycles. The van der Waals surface area contributed by atoms with Crippen LogP contribution >= 0.6 is 0 Å². The zero-order valence-corrected chi connectivity index (χ0v) is 9.24. The van der Waals surface area contributed by atoms with E-state index in [2.05, 4.69) is 18.1 Å². The molecule has 0 saturated carbocycles. The van der Waals surface area contributed by atoms with Crippen LogP contribution < -0.4 is 5.73 Å². The molecule has 1 heterocycles. The van der Waals surface area contributed by atoms with Gasteiger partial charge >= 0.3 is 0 Å². The van der Waals surface area contributed by atoms with E-state index in [-0.39, 0.29) is 0 Å². The minimum atomic E-state index is 0.478. The SMILES string of the molecule is CCCCCCCn1ncc(N)c1C#N.